The molecule has 0 aliphatic rings. The van der Waals surface area contributed by atoms with Gasteiger partial charge in [0.05, 0.1) is 0 Å². The fourth-order valence-electron chi connectivity index (χ4n) is 2.82. The van der Waals surface area contributed by atoms with E-state index in [1.165, 1.54) is 4.90 Å². The second kappa shape index (κ2) is 10.9. The second-order valence-electron chi connectivity index (χ2n) is 7.11. The molecule has 2 amide bonds. The molecule has 0 saturated carbocycles. The Morgan fingerprint density at radius 3 is 2.52 bits per heavy atom. The number of halogens is 1. The van der Waals surface area contributed by atoms with Gasteiger partial charge in [-0.3, -0.25) is 9.59 Å². The number of carbonyl (C=O) groups is 2. The number of rotatable bonds is 9. The van der Waals surface area contributed by atoms with Crippen LogP contribution >= 0.6 is 11.6 Å². The van der Waals surface area contributed by atoms with Crippen molar-refractivity contribution >= 4 is 23.4 Å². The summed E-state index contributed by atoms with van der Waals surface area (Å²) in [6, 6.07) is 12.4. The van der Waals surface area contributed by atoms with E-state index < -0.39 is 6.04 Å². The van der Waals surface area contributed by atoms with Crippen molar-refractivity contribution in [2.45, 2.75) is 46.7 Å². The maximum atomic E-state index is 13.0. The third kappa shape index (κ3) is 6.50. The summed E-state index contributed by atoms with van der Waals surface area (Å²) in [5.41, 5.74) is 3.03. The van der Waals surface area contributed by atoms with Gasteiger partial charge >= 0.3 is 0 Å². The Morgan fingerprint density at radius 1 is 1.14 bits per heavy atom. The lowest BCUT2D eigenvalue weighted by Crippen LogP contribution is -2.49. The van der Waals surface area contributed by atoms with Gasteiger partial charge in [-0.05, 0) is 62.1 Å². The highest BCUT2D eigenvalue weighted by atomic mass is 35.5. The second-order valence-corrected chi connectivity index (χ2v) is 7.52. The van der Waals surface area contributed by atoms with E-state index in [9.17, 15) is 9.59 Å². The van der Waals surface area contributed by atoms with Gasteiger partial charge in [-0.25, -0.2) is 0 Å². The Labute approximate surface area is 178 Å². The first-order valence-corrected chi connectivity index (χ1v) is 10.2. The molecule has 6 heteroatoms. The van der Waals surface area contributed by atoms with Crippen LogP contribution in [0.2, 0.25) is 5.02 Å². The third-order valence-corrected chi connectivity index (χ3v) is 5.22. The standard InChI is InChI=1S/C23H29ClN2O3/c1-5-12-25-23(28)18(4)26(14-19-8-6-7-9-21(19)24)22(27)15-29-20-11-10-16(2)17(3)13-20/h6-11,13,18H,5,12,14-15H2,1-4H3,(H,25,28)/t18-/m1/s1. The SMILES string of the molecule is CCCNC(=O)[C@@H](C)N(Cc1ccccc1Cl)C(=O)COc1ccc(C)c(C)c1. The molecule has 2 aromatic rings. The van der Waals surface area contributed by atoms with Crippen molar-refractivity contribution < 1.29 is 14.3 Å². The smallest absolute Gasteiger partial charge is 0.261 e. The van der Waals surface area contributed by atoms with E-state index in [0.29, 0.717) is 17.3 Å². The van der Waals surface area contributed by atoms with Crippen LogP contribution in [0.3, 0.4) is 0 Å². The van der Waals surface area contributed by atoms with E-state index in [1.807, 2.05) is 57.2 Å². The van der Waals surface area contributed by atoms with Gasteiger partial charge < -0.3 is 15.0 Å². The first kappa shape index (κ1) is 22.8. The summed E-state index contributed by atoms with van der Waals surface area (Å²) in [4.78, 5) is 27.0. The van der Waals surface area contributed by atoms with Crippen molar-refractivity contribution in [3.05, 3.63) is 64.2 Å². The third-order valence-electron chi connectivity index (χ3n) is 4.86. The van der Waals surface area contributed by atoms with E-state index in [4.69, 9.17) is 16.3 Å². The van der Waals surface area contributed by atoms with Crippen LogP contribution in [0.4, 0.5) is 0 Å². The van der Waals surface area contributed by atoms with Gasteiger partial charge in [0.15, 0.2) is 6.61 Å². The lowest BCUT2D eigenvalue weighted by molar-refractivity contribution is -0.142. The Hall–Kier alpha value is -2.53. The predicted octanol–water partition coefficient (Wildman–Crippen LogP) is 4.28. The number of amides is 2. The first-order chi connectivity index (χ1) is 13.8. The van der Waals surface area contributed by atoms with Crippen molar-refractivity contribution in [2.75, 3.05) is 13.2 Å². The normalized spacial score (nSPS) is 11.6. The maximum absolute atomic E-state index is 13.0. The van der Waals surface area contributed by atoms with Gasteiger partial charge in [-0.15, -0.1) is 0 Å². The molecule has 0 spiro atoms. The van der Waals surface area contributed by atoms with Crippen molar-refractivity contribution in [3.63, 3.8) is 0 Å². The van der Waals surface area contributed by atoms with Gasteiger partial charge in [0.1, 0.15) is 11.8 Å². The Morgan fingerprint density at radius 2 is 1.86 bits per heavy atom. The van der Waals surface area contributed by atoms with Crippen LogP contribution in [-0.4, -0.2) is 35.9 Å². The molecule has 156 valence electrons. The minimum absolute atomic E-state index is 0.154. The van der Waals surface area contributed by atoms with Crippen molar-refractivity contribution in [3.8, 4) is 5.75 Å². The number of carbonyl (C=O) groups excluding carboxylic acids is 2. The van der Waals surface area contributed by atoms with E-state index in [1.54, 1.807) is 13.0 Å². The van der Waals surface area contributed by atoms with E-state index in [0.717, 1.165) is 23.1 Å². The van der Waals surface area contributed by atoms with E-state index in [-0.39, 0.29) is 25.0 Å². The van der Waals surface area contributed by atoms with Gasteiger partial charge in [0, 0.05) is 18.1 Å². The average molecular weight is 417 g/mol. The summed E-state index contributed by atoms with van der Waals surface area (Å²) in [6.45, 7) is 8.36. The van der Waals surface area contributed by atoms with Crippen LogP contribution in [0.1, 0.15) is 37.0 Å². The number of nitrogens with zero attached hydrogens (tertiary/aromatic N) is 1. The summed E-state index contributed by atoms with van der Waals surface area (Å²) in [5, 5.41) is 3.41. The minimum atomic E-state index is -0.645. The Bertz CT molecular complexity index is 854. The first-order valence-electron chi connectivity index (χ1n) is 9.84. The van der Waals surface area contributed by atoms with Crippen LogP contribution < -0.4 is 10.1 Å². The molecule has 0 aliphatic heterocycles. The van der Waals surface area contributed by atoms with Crippen molar-refractivity contribution in [2.24, 2.45) is 0 Å². The summed E-state index contributed by atoms with van der Waals surface area (Å²) in [7, 11) is 0. The summed E-state index contributed by atoms with van der Waals surface area (Å²) in [6.07, 6.45) is 0.826. The molecular weight excluding hydrogens is 388 g/mol. The number of aryl methyl sites for hydroxylation is 2. The molecule has 0 heterocycles. The molecule has 0 radical (unpaired) electrons. The lowest BCUT2D eigenvalue weighted by Gasteiger charge is -2.29. The number of ether oxygens (including phenoxy) is 1. The fraction of sp³-hybridized carbons (Fsp3) is 0.391. The molecule has 29 heavy (non-hydrogen) atoms. The van der Waals surface area contributed by atoms with Crippen LogP contribution in [-0.2, 0) is 16.1 Å². The maximum Gasteiger partial charge on any atom is 0.261 e. The molecule has 1 atom stereocenters. The molecule has 0 fully saturated rings. The lowest BCUT2D eigenvalue weighted by atomic mass is 10.1. The van der Waals surface area contributed by atoms with Crippen molar-refractivity contribution in [1.29, 1.82) is 0 Å². The van der Waals surface area contributed by atoms with Gasteiger partial charge in [0.25, 0.3) is 5.91 Å². The highest BCUT2D eigenvalue weighted by molar-refractivity contribution is 6.31. The highest BCUT2D eigenvalue weighted by Gasteiger charge is 2.26. The molecular formula is C23H29ClN2O3. The van der Waals surface area contributed by atoms with Crippen LogP contribution in [0.5, 0.6) is 5.75 Å². The van der Waals surface area contributed by atoms with Crippen molar-refractivity contribution in [1.82, 2.24) is 10.2 Å². The van der Waals surface area contributed by atoms with E-state index in [2.05, 4.69) is 5.32 Å². The van der Waals surface area contributed by atoms with Gasteiger partial charge in [-0.2, -0.15) is 0 Å². The Kier molecular flexibility index (Phi) is 8.52. The quantitative estimate of drug-likeness (QED) is 0.663. The molecule has 0 aromatic heterocycles. The largest absolute Gasteiger partial charge is 0.484 e. The van der Waals surface area contributed by atoms with Crippen LogP contribution in [0, 0.1) is 13.8 Å². The zero-order valence-electron chi connectivity index (χ0n) is 17.5. The number of hydrogen-bond donors (Lipinski definition) is 1. The molecule has 0 aliphatic carbocycles. The highest BCUT2D eigenvalue weighted by Crippen LogP contribution is 2.20. The molecule has 5 nitrogen and oxygen atoms in total. The topological polar surface area (TPSA) is 58.6 Å². The van der Waals surface area contributed by atoms with Gasteiger partial charge in [-0.1, -0.05) is 42.8 Å². The van der Waals surface area contributed by atoms with Gasteiger partial charge in [0.2, 0.25) is 5.91 Å². The zero-order valence-corrected chi connectivity index (χ0v) is 18.3. The molecule has 1 N–H and O–H groups in total. The zero-order chi connectivity index (χ0) is 21.4. The molecule has 0 unspecified atom stereocenters. The monoisotopic (exact) mass is 416 g/mol. The Balaban J connectivity index is 2.15. The fourth-order valence-corrected chi connectivity index (χ4v) is 3.02. The number of benzene rings is 2. The predicted molar refractivity (Wildman–Crippen MR) is 116 cm³/mol. The van der Waals surface area contributed by atoms with Crippen LogP contribution in [0.15, 0.2) is 42.5 Å². The number of nitrogens with one attached hydrogen (secondary N) is 1. The van der Waals surface area contributed by atoms with Crippen LogP contribution in [0.25, 0.3) is 0 Å². The van der Waals surface area contributed by atoms with E-state index >= 15 is 0 Å². The molecule has 0 bridgehead atoms. The molecule has 0 saturated heterocycles. The average Bonchev–Trinajstić information content (AvgIpc) is 2.71. The summed E-state index contributed by atoms with van der Waals surface area (Å²) < 4.78 is 5.71. The summed E-state index contributed by atoms with van der Waals surface area (Å²) >= 11 is 6.28. The molecule has 2 rings (SSSR count). The summed E-state index contributed by atoms with van der Waals surface area (Å²) in [5.74, 6) is 0.156. The molecule has 2 aromatic carbocycles. The minimum Gasteiger partial charge on any atom is -0.484 e. The number of hydrogen-bond acceptors (Lipinski definition) is 3.